The van der Waals surface area contributed by atoms with Gasteiger partial charge in [0.15, 0.2) is 0 Å². The fourth-order valence-electron chi connectivity index (χ4n) is 6.95. The maximum Gasteiger partial charge on any atom is 0.453 e. The number of alkyl halides is 3. The number of hydrogen-bond donors (Lipinski definition) is 1. The van der Waals surface area contributed by atoms with Gasteiger partial charge in [0.2, 0.25) is 0 Å². The van der Waals surface area contributed by atoms with Gasteiger partial charge in [-0.1, -0.05) is 60.7 Å². The highest BCUT2D eigenvalue weighted by atomic mass is 19.4. The summed E-state index contributed by atoms with van der Waals surface area (Å²) in [5, 5.41) is 19.6. The molecule has 12 heteroatoms. The molecule has 0 aliphatic carbocycles. The molecule has 1 N–H and O–H groups in total. The first-order valence-corrected chi connectivity index (χ1v) is 14.5. The molecule has 0 spiro atoms. The van der Waals surface area contributed by atoms with Gasteiger partial charge in [-0.05, 0) is 52.1 Å². The third kappa shape index (κ3) is 6.18. The predicted molar refractivity (Wildman–Crippen MR) is 155 cm³/mol. The zero-order chi connectivity index (χ0) is 30.8. The molecule has 2 saturated heterocycles. The van der Waals surface area contributed by atoms with E-state index in [1.807, 2.05) is 36.4 Å². The van der Waals surface area contributed by atoms with Crippen molar-refractivity contribution < 1.29 is 27.8 Å². The molecule has 2 aliphatic rings. The van der Waals surface area contributed by atoms with Crippen molar-refractivity contribution in [3.63, 3.8) is 0 Å². The van der Waals surface area contributed by atoms with E-state index in [0.29, 0.717) is 42.2 Å². The van der Waals surface area contributed by atoms with E-state index in [2.05, 4.69) is 49.6 Å². The molecule has 2 aliphatic heterocycles. The summed E-state index contributed by atoms with van der Waals surface area (Å²) < 4.78 is 47.1. The Labute approximate surface area is 252 Å². The molecule has 9 nitrogen and oxygen atoms in total. The van der Waals surface area contributed by atoms with Crippen LogP contribution in [-0.4, -0.2) is 79.9 Å². The van der Waals surface area contributed by atoms with Gasteiger partial charge in [-0.3, -0.25) is 14.6 Å². The smallest absolute Gasteiger partial charge is 0.453 e. The summed E-state index contributed by atoms with van der Waals surface area (Å²) in [5.41, 5.74) is 3.23. The number of aliphatic carboxylic acids is 1. The van der Waals surface area contributed by atoms with Crippen LogP contribution >= 0.6 is 0 Å². The van der Waals surface area contributed by atoms with Gasteiger partial charge < -0.3 is 9.84 Å². The Morgan fingerprint density at radius 3 is 2.30 bits per heavy atom. The molecular weight excluding hydrogens is 573 g/mol. The number of carbonyl (C=O) groups is 1. The monoisotopic (exact) mass is 606 g/mol. The van der Waals surface area contributed by atoms with Gasteiger partial charge in [-0.2, -0.15) is 17.9 Å². The number of carboxylic acids is 1. The largest absolute Gasteiger partial charge is 0.496 e. The predicted octanol–water partition coefficient (Wildman–Crippen LogP) is 4.87. The van der Waals surface area contributed by atoms with E-state index in [-0.39, 0.29) is 36.0 Å². The SMILES string of the molecule is COc1ccc(-n2nnnc2C(F)(F)F)cc1CN1C[C@@H]2C[C@@H](CC(=O)O)CN2[C@H](C(c2ccccc2)c2ccccc2)C1. The molecule has 4 aromatic rings. The number of benzene rings is 3. The minimum atomic E-state index is -4.72. The topological polar surface area (TPSA) is 96.6 Å². The molecule has 0 saturated carbocycles. The van der Waals surface area contributed by atoms with Crippen LogP contribution in [0.2, 0.25) is 0 Å². The maximum atomic E-state index is 13.6. The van der Waals surface area contributed by atoms with Crippen molar-refractivity contribution in [2.45, 2.75) is 43.6 Å². The summed E-state index contributed by atoms with van der Waals surface area (Å²) in [5.74, 6) is -1.40. The lowest BCUT2D eigenvalue weighted by Crippen LogP contribution is -2.58. The normalized spacial score (nSPS) is 21.0. The second-order valence-corrected chi connectivity index (χ2v) is 11.5. The number of aromatic nitrogens is 4. The van der Waals surface area contributed by atoms with Crippen LogP contribution < -0.4 is 4.74 Å². The number of nitrogens with zero attached hydrogens (tertiary/aromatic N) is 6. The zero-order valence-corrected chi connectivity index (χ0v) is 24.1. The van der Waals surface area contributed by atoms with Crippen LogP contribution in [-0.2, 0) is 17.5 Å². The standard InChI is InChI=1S/C32H33F3N6O3/c1-44-28-13-12-25(41-31(32(33,34)35)36-37-38-41)16-24(28)18-39-19-26-14-21(15-29(42)43)17-40(26)27(20-39)30(22-8-4-2-5-9-22)23-10-6-3-7-11-23/h2-13,16,21,26-27,30H,14-15,17-20H2,1H3,(H,42,43)/t21-,26-,27-/m0/s1. The second-order valence-electron chi connectivity index (χ2n) is 11.5. The highest BCUT2D eigenvalue weighted by Gasteiger charge is 2.45. The number of tetrazole rings is 1. The van der Waals surface area contributed by atoms with E-state index in [1.165, 1.54) is 24.3 Å². The van der Waals surface area contributed by atoms with Gasteiger partial charge >= 0.3 is 12.1 Å². The molecule has 3 aromatic carbocycles. The molecule has 2 fully saturated rings. The first-order chi connectivity index (χ1) is 21.2. The molecule has 0 unspecified atom stereocenters. The molecule has 6 rings (SSSR count). The van der Waals surface area contributed by atoms with E-state index in [0.717, 1.165) is 6.42 Å². The number of hydrogen-bond acceptors (Lipinski definition) is 7. The Kier molecular flexibility index (Phi) is 8.37. The Balaban J connectivity index is 1.36. The molecule has 3 atom stereocenters. The lowest BCUT2D eigenvalue weighted by Gasteiger charge is -2.47. The van der Waals surface area contributed by atoms with Crippen molar-refractivity contribution in [3.05, 3.63) is 101 Å². The number of fused-ring (bicyclic) bond motifs is 1. The third-order valence-corrected chi connectivity index (χ3v) is 8.67. The molecule has 1 aromatic heterocycles. The summed E-state index contributed by atoms with van der Waals surface area (Å²) in [6.45, 7) is 2.47. The molecule has 0 radical (unpaired) electrons. The second kappa shape index (κ2) is 12.4. The molecular formula is C32H33F3N6O3. The average molecular weight is 607 g/mol. The highest BCUT2D eigenvalue weighted by Crippen LogP contribution is 2.40. The van der Waals surface area contributed by atoms with Crippen LogP contribution in [0, 0.1) is 5.92 Å². The number of halogens is 3. The Morgan fingerprint density at radius 1 is 1.00 bits per heavy atom. The Bertz CT molecular complexity index is 1540. The molecule has 44 heavy (non-hydrogen) atoms. The number of piperazine rings is 1. The van der Waals surface area contributed by atoms with Gasteiger partial charge in [-0.15, -0.1) is 5.10 Å². The van der Waals surface area contributed by atoms with Crippen LogP contribution in [0.5, 0.6) is 5.75 Å². The van der Waals surface area contributed by atoms with Gasteiger partial charge in [-0.25, -0.2) is 0 Å². The van der Waals surface area contributed by atoms with E-state index >= 15 is 0 Å². The summed E-state index contributed by atoms with van der Waals surface area (Å²) in [7, 11) is 1.53. The zero-order valence-electron chi connectivity index (χ0n) is 24.1. The molecule has 0 bridgehead atoms. The molecule has 230 valence electrons. The van der Waals surface area contributed by atoms with Gasteiger partial charge in [0.1, 0.15) is 5.75 Å². The first kappa shape index (κ1) is 29.8. The van der Waals surface area contributed by atoms with Crippen molar-refractivity contribution in [2.24, 2.45) is 5.92 Å². The van der Waals surface area contributed by atoms with Crippen molar-refractivity contribution in [2.75, 3.05) is 26.7 Å². The Morgan fingerprint density at radius 2 is 1.68 bits per heavy atom. The van der Waals surface area contributed by atoms with E-state index in [1.54, 1.807) is 12.1 Å². The molecule has 0 amide bonds. The first-order valence-electron chi connectivity index (χ1n) is 14.5. The van der Waals surface area contributed by atoms with Crippen LogP contribution in [0.3, 0.4) is 0 Å². The fraction of sp³-hybridized carbons (Fsp3) is 0.375. The third-order valence-electron chi connectivity index (χ3n) is 8.67. The average Bonchev–Trinajstić information content (AvgIpc) is 3.66. The number of methoxy groups -OCH3 is 1. The van der Waals surface area contributed by atoms with E-state index in [4.69, 9.17) is 4.74 Å². The summed E-state index contributed by atoms with van der Waals surface area (Å²) in [6, 6.07) is 25.6. The maximum absolute atomic E-state index is 13.6. The van der Waals surface area contributed by atoms with Gasteiger partial charge in [0.05, 0.1) is 12.8 Å². The van der Waals surface area contributed by atoms with Crippen molar-refractivity contribution >= 4 is 5.97 Å². The van der Waals surface area contributed by atoms with E-state index < -0.39 is 18.0 Å². The summed E-state index contributed by atoms with van der Waals surface area (Å²) in [6.07, 6.45) is -3.84. The minimum absolute atomic E-state index is 0.0232. The van der Waals surface area contributed by atoms with Gasteiger partial charge in [0, 0.05) is 56.2 Å². The van der Waals surface area contributed by atoms with Crippen molar-refractivity contribution in [1.82, 2.24) is 30.0 Å². The van der Waals surface area contributed by atoms with E-state index in [9.17, 15) is 23.1 Å². The van der Waals surface area contributed by atoms with Crippen molar-refractivity contribution in [1.29, 1.82) is 0 Å². The van der Waals surface area contributed by atoms with Crippen LogP contribution in [0.4, 0.5) is 13.2 Å². The number of carboxylic acid groups (broad SMARTS) is 1. The van der Waals surface area contributed by atoms with Crippen LogP contribution in [0.1, 0.15) is 41.3 Å². The lowest BCUT2D eigenvalue weighted by molar-refractivity contribution is -0.146. The summed E-state index contributed by atoms with van der Waals surface area (Å²) >= 11 is 0. The number of ether oxygens (including phenoxy) is 1. The fourth-order valence-corrected chi connectivity index (χ4v) is 6.95. The molecule has 3 heterocycles. The highest BCUT2D eigenvalue weighted by molar-refractivity contribution is 5.67. The van der Waals surface area contributed by atoms with Gasteiger partial charge in [0.25, 0.3) is 5.82 Å². The lowest BCUT2D eigenvalue weighted by atomic mass is 9.82. The minimum Gasteiger partial charge on any atom is -0.496 e. The van der Waals surface area contributed by atoms with Crippen LogP contribution in [0.15, 0.2) is 78.9 Å². The number of rotatable bonds is 9. The van der Waals surface area contributed by atoms with Crippen LogP contribution in [0.25, 0.3) is 5.69 Å². The summed E-state index contributed by atoms with van der Waals surface area (Å²) in [4.78, 5) is 16.5. The van der Waals surface area contributed by atoms with Crippen molar-refractivity contribution in [3.8, 4) is 11.4 Å². The Hall–Kier alpha value is -4.29. The quantitative estimate of drug-likeness (QED) is 0.288.